The fraction of sp³-hybridized carbons (Fsp3) is 0.857. The Balaban J connectivity index is 2.44. The third kappa shape index (κ3) is 9.84. The summed E-state index contributed by atoms with van der Waals surface area (Å²) < 4.78 is 23.7. The molecule has 0 aromatic carbocycles. The largest absolute Gasteiger partial charge is 0.457 e. The van der Waals surface area contributed by atoms with Gasteiger partial charge in [0.25, 0.3) is 0 Å². The minimum Gasteiger partial charge on any atom is -0.457 e. The molecule has 0 aromatic rings. The summed E-state index contributed by atoms with van der Waals surface area (Å²) in [4.78, 5) is 13.6. The van der Waals surface area contributed by atoms with Crippen LogP contribution in [0.5, 0.6) is 0 Å². The van der Waals surface area contributed by atoms with Crippen LogP contribution in [0.4, 0.5) is 0 Å². The average Bonchev–Trinajstić information content (AvgIpc) is 2.96. The Kier molecular flexibility index (Phi) is 15.0. The molecule has 1 fully saturated rings. The number of allylic oxidation sites excluding steroid dienone is 2. The maximum atomic E-state index is 13.6. The lowest BCUT2D eigenvalue weighted by Gasteiger charge is -2.49. The molecule has 9 heteroatoms. The Hall–Kier alpha value is -1.33. The van der Waals surface area contributed by atoms with E-state index in [1.165, 1.54) is 7.11 Å². The first-order valence-electron chi connectivity index (χ1n) is 16.5. The Morgan fingerprint density at radius 1 is 1.00 bits per heavy atom. The minimum atomic E-state index is -1.78. The predicted octanol–water partition coefficient (Wildman–Crippen LogP) is 4.65. The van der Waals surface area contributed by atoms with Gasteiger partial charge in [-0.3, -0.25) is 0 Å². The molecule has 0 amide bonds. The van der Waals surface area contributed by atoms with Gasteiger partial charge in [0.15, 0.2) is 11.9 Å². The van der Waals surface area contributed by atoms with Gasteiger partial charge < -0.3 is 39.4 Å². The molecule has 4 N–H and O–H groups in total. The molecule has 0 spiro atoms. The molecule has 0 aliphatic carbocycles. The van der Waals surface area contributed by atoms with Gasteiger partial charge in [0, 0.05) is 38.4 Å². The molecular weight excluding hydrogens is 564 g/mol. The molecular formula is C35H62O9. The number of aliphatic hydroxyl groups excluding tert-OH is 3. The fourth-order valence-electron chi connectivity index (χ4n) is 7.13. The number of hydrogen-bond donors (Lipinski definition) is 4. The van der Waals surface area contributed by atoms with Gasteiger partial charge in [-0.1, -0.05) is 73.1 Å². The molecule has 3 unspecified atom stereocenters. The Morgan fingerprint density at radius 2 is 1.64 bits per heavy atom. The summed E-state index contributed by atoms with van der Waals surface area (Å²) in [6, 6.07) is 0. The van der Waals surface area contributed by atoms with Crippen LogP contribution in [0.25, 0.3) is 0 Å². The number of carbonyl (C=O) groups excluding carboxylic acids is 1. The zero-order valence-electron chi connectivity index (χ0n) is 29.0. The van der Waals surface area contributed by atoms with Crippen molar-refractivity contribution in [3.8, 4) is 0 Å². The van der Waals surface area contributed by atoms with Crippen LogP contribution in [0.3, 0.4) is 0 Å². The van der Waals surface area contributed by atoms with E-state index in [4.69, 9.17) is 18.9 Å². The number of cyclic esters (lactones) is 1. The van der Waals surface area contributed by atoms with E-state index in [0.29, 0.717) is 12.8 Å². The SMILES string of the molecule is COC1/C=C(\C)C[C@@H](C)[C@@H](O)[C@@H](C)CC(C)/C=C/CC(OC)[C@@H]([C@@H](C)[C@@H](O)[C@H](C)[C@@]2(O)C[C@@H](O)[C@H](C)[C@@H](C(C)C)O2)OC1=O. The maximum absolute atomic E-state index is 13.6. The van der Waals surface area contributed by atoms with Crippen LogP contribution in [0.1, 0.15) is 88.0 Å². The first kappa shape index (κ1) is 38.9. The molecule has 0 saturated carbocycles. The van der Waals surface area contributed by atoms with E-state index in [1.807, 2.05) is 40.7 Å². The van der Waals surface area contributed by atoms with Crippen LogP contribution >= 0.6 is 0 Å². The Morgan fingerprint density at radius 3 is 2.20 bits per heavy atom. The fourth-order valence-corrected chi connectivity index (χ4v) is 7.13. The first-order chi connectivity index (χ1) is 20.5. The normalized spacial score (nSPS) is 42.5. The third-order valence-corrected chi connectivity index (χ3v) is 10.1. The van der Waals surface area contributed by atoms with Crippen molar-refractivity contribution in [2.75, 3.05) is 14.2 Å². The zero-order chi connectivity index (χ0) is 33.5. The van der Waals surface area contributed by atoms with Gasteiger partial charge in [-0.05, 0) is 55.9 Å². The molecule has 2 aliphatic rings. The van der Waals surface area contributed by atoms with Gasteiger partial charge in [-0.15, -0.1) is 0 Å². The average molecular weight is 627 g/mol. The molecule has 1 saturated heterocycles. The van der Waals surface area contributed by atoms with Gasteiger partial charge in [-0.25, -0.2) is 4.79 Å². The highest BCUT2D eigenvalue weighted by molar-refractivity contribution is 5.77. The molecule has 2 rings (SSSR count). The number of methoxy groups -OCH3 is 2. The molecule has 2 heterocycles. The first-order valence-corrected chi connectivity index (χ1v) is 16.5. The van der Waals surface area contributed by atoms with Crippen molar-refractivity contribution in [1.29, 1.82) is 0 Å². The Labute approximate surface area is 266 Å². The number of carbonyl (C=O) groups is 1. The molecule has 2 aliphatic heterocycles. The van der Waals surface area contributed by atoms with Crippen molar-refractivity contribution in [1.82, 2.24) is 0 Å². The maximum Gasteiger partial charge on any atom is 0.339 e. The number of rotatable bonds is 7. The van der Waals surface area contributed by atoms with Crippen molar-refractivity contribution in [3.05, 3.63) is 23.8 Å². The molecule has 0 radical (unpaired) electrons. The molecule has 0 aromatic heterocycles. The van der Waals surface area contributed by atoms with Crippen molar-refractivity contribution < 1.29 is 44.2 Å². The predicted molar refractivity (Wildman–Crippen MR) is 171 cm³/mol. The lowest BCUT2D eigenvalue weighted by Crippen LogP contribution is -2.59. The summed E-state index contributed by atoms with van der Waals surface area (Å²) >= 11 is 0. The van der Waals surface area contributed by atoms with E-state index in [0.717, 1.165) is 12.0 Å². The van der Waals surface area contributed by atoms with E-state index in [-0.39, 0.29) is 36.0 Å². The molecule has 14 atom stereocenters. The van der Waals surface area contributed by atoms with Crippen molar-refractivity contribution in [2.45, 2.75) is 137 Å². The Bertz CT molecular complexity index is 950. The van der Waals surface area contributed by atoms with E-state index in [9.17, 15) is 25.2 Å². The summed E-state index contributed by atoms with van der Waals surface area (Å²) in [5.74, 6) is -3.73. The molecule has 9 nitrogen and oxygen atoms in total. The van der Waals surface area contributed by atoms with E-state index >= 15 is 0 Å². The minimum absolute atomic E-state index is 0.00857. The van der Waals surface area contributed by atoms with E-state index in [2.05, 4.69) is 19.9 Å². The highest BCUT2D eigenvalue weighted by Crippen LogP contribution is 2.41. The lowest BCUT2D eigenvalue weighted by atomic mass is 9.76. The van der Waals surface area contributed by atoms with E-state index < -0.39 is 66.3 Å². The number of esters is 1. The van der Waals surface area contributed by atoms with Gasteiger partial charge >= 0.3 is 5.97 Å². The van der Waals surface area contributed by atoms with E-state index in [1.54, 1.807) is 27.0 Å². The zero-order valence-corrected chi connectivity index (χ0v) is 29.0. The monoisotopic (exact) mass is 626 g/mol. The summed E-state index contributed by atoms with van der Waals surface area (Å²) in [6.07, 6.45) is 2.27. The second-order valence-electron chi connectivity index (χ2n) is 14.3. The van der Waals surface area contributed by atoms with Crippen LogP contribution in [-0.2, 0) is 23.7 Å². The van der Waals surface area contributed by atoms with Crippen LogP contribution < -0.4 is 0 Å². The molecule has 0 bridgehead atoms. The van der Waals surface area contributed by atoms with Gasteiger partial charge in [0.1, 0.15) is 6.10 Å². The number of hydrogen-bond acceptors (Lipinski definition) is 9. The number of aliphatic hydroxyl groups is 4. The van der Waals surface area contributed by atoms with Gasteiger partial charge in [0.2, 0.25) is 0 Å². The van der Waals surface area contributed by atoms with Crippen LogP contribution in [0, 0.1) is 41.4 Å². The topological polar surface area (TPSA) is 135 Å². The quantitative estimate of drug-likeness (QED) is 0.235. The number of ether oxygens (including phenoxy) is 4. The third-order valence-electron chi connectivity index (χ3n) is 10.1. The standard InChI is InChI=1S/C35H62O9/c1-19(2)32-24(7)27(36)18-35(40,44-32)26(9)31(38)25(8)33-28(41-10)14-12-13-20(3)15-22(5)30(37)23(6)16-21(4)17-29(42-11)34(39)43-33/h12-13,17,19-20,22-33,36-38,40H,14-16,18H2,1-11H3/b13-12+,21-17+/t20?,22-,23+,24-,25-,26-,27+,28?,29?,30-,31+,32+,33+,35+/m0/s1. The summed E-state index contributed by atoms with van der Waals surface area (Å²) in [5, 5.41) is 45.1. The summed E-state index contributed by atoms with van der Waals surface area (Å²) in [7, 11) is 2.99. The molecule has 256 valence electrons. The highest BCUT2D eigenvalue weighted by atomic mass is 16.6. The van der Waals surface area contributed by atoms with Crippen LogP contribution in [0.2, 0.25) is 0 Å². The lowest BCUT2D eigenvalue weighted by molar-refractivity contribution is -0.328. The molecule has 44 heavy (non-hydrogen) atoms. The van der Waals surface area contributed by atoms with Crippen molar-refractivity contribution >= 4 is 5.97 Å². The van der Waals surface area contributed by atoms with Gasteiger partial charge in [0.05, 0.1) is 30.5 Å². The van der Waals surface area contributed by atoms with Crippen LogP contribution in [-0.4, -0.2) is 89.1 Å². The van der Waals surface area contributed by atoms with Crippen molar-refractivity contribution in [2.24, 2.45) is 41.4 Å². The second kappa shape index (κ2) is 17.0. The second-order valence-corrected chi connectivity index (χ2v) is 14.3. The highest BCUT2D eigenvalue weighted by Gasteiger charge is 2.51. The smallest absolute Gasteiger partial charge is 0.339 e. The summed E-state index contributed by atoms with van der Waals surface area (Å²) in [6.45, 7) is 17.4. The van der Waals surface area contributed by atoms with Crippen LogP contribution in [0.15, 0.2) is 23.8 Å². The van der Waals surface area contributed by atoms with Crippen molar-refractivity contribution in [3.63, 3.8) is 0 Å². The van der Waals surface area contributed by atoms with Gasteiger partial charge in [-0.2, -0.15) is 0 Å². The summed E-state index contributed by atoms with van der Waals surface area (Å²) in [5.41, 5.74) is 0.901.